The maximum absolute atomic E-state index is 13.7. The summed E-state index contributed by atoms with van der Waals surface area (Å²) in [6, 6.07) is -9.50. The lowest BCUT2D eigenvalue weighted by molar-refractivity contribution is -0.142. The van der Waals surface area contributed by atoms with E-state index in [0.29, 0.717) is 12.0 Å². The summed E-state index contributed by atoms with van der Waals surface area (Å²) in [5.41, 5.74) is 11.7. The second kappa shape index (κ2) is 26.4. The highest BCUT2D eigenvalue weighted by Crippen LogP contribution is 2.11. The van der Waals surface area contributed by atoms with E-state index in [9.17, 15) is 53.7 Å². The first kappa shape index (κ1) is 52.4. The van der Waals surface area contributed by atoms with E-state index in [1.54, 1.807) is 46.8 Å². The van der Waals surface area contributed by atoms with E-state index >= 15 is 0 Å². The van der Waals surface area contributed by atoms with Gasteiger partial charge < -0.3 is 64.0 Å². The second-order valence-electron chi connectivity index (χ2n) is 14.7. The van der Waals surface area contributed by atoms with E-state index in [4.69, 9.17) is 16.9 Å². The number of hydrogen-bond acceptors (Lipinski definition) is 11. The van der Waals surface area contributed by atoms with Gasteiger partial charge in [0.2, 0.25) is 35.4 Å². The minimum atomic E-state index is -1.67. The first-order chi connectivity index (χ1) is 26.9. The quantitative estimate of drug-likeness (QED) is 0.0186. The van der Waals surface area contributed by atoms with Gasteiger partial charge in [0.25, 0.3) is 0 Å². The average Bonchev–Trinajstić information content (AvgIpc) is 3.11. The summed E-state index contributed by atoms with van der Waals surface area (Å²) in [6.45, 7) is 14.9. The molecule has 4 unspecified atom stereocenters. The molecule has 0 aromatic heterocycles. The fourth-order valence-corrected chi connectivity index (χ4v) is 5.32. The number of rotatable bonds is 27. The van der Waals surface area contributed by atoms with E-state index in [0.717, 1.165) is 0 Å². The van der Waals surface area contributed by atoms with Gasteiger partial charge in [0.05, 0.1) is 12.1 Å². The standard InChI is InChI=1S/C37H64N10O11/c1-9-11-20(6)17-26(44-30(51)23(38)12-10-15-41-37(39)40)33(54)47-29(22(8)48)35(56)46-28(19(4)5)34(55)43-24(13-14-27(49)50)31(52)45-25(16-18(2)3)32(53)42-21(7)36(57)58/h9,11,18-19,21-26,28-29,48H,6,10,12-17,38H2,1-5,7-8H3,(H,42,53)(H,43,55)(H,44,51)(H,45,52)(H,46,56)(H,47,54)(H,49,50)(H,57,58)(H4,39,40,41)/b11-9-/t21-,22-,23-,24-,25?,26?,28?,29?/m1/s1. The number of aliphatic hydroxyl groups is 1. The average molecular weight is 825 g/mol. The number of aliphatic hydroxyl groups excluding tert-OH is 1. The Morgan fingerprint density at radius 2 is 1.24 bits per heavy atom. The molecule has 0 radical (unpaired) electrons. The van der Waals surface area contributed by atoms with Crippen LogP contribution in [-0.2, 0) is 38.4 Å². The number of nitrogens with one attached hydrogen (secondary N) is 8. The molecule has 0 aliphatic heterocycles. The Kier molecular flexibility index (Phi) is 23.8. The molecule has 0 saturated heterocycles. The number of amides is 6. The molecular weight excluding hydrogens is 760 g/mol. The maximum Gasteiger partial charge on any atom is 0.325 e. The second-order valence-corrected chi connectivity index (χ2v) is 14.7. The molecule has 21 heteroatoms. The highest BCUT2D eigenvalue weighted by Gasteiger charge is 2.36. The molecule has 0 rings (SSSR count). The predicted molar refractivity (Wildman–Crippen MR) is 213 cm³/mol. The molecule has 0 aromatic carbocycles. The highest BCUT2D eigenvalue weighted by molar-refractivity contribution is 5.97. The molecule has 8 atom stereocenters. The van der Waals surface area contributed by atoms with Crippen LogP contribution in [0.3, 0.4) is 0 Å². The minimum absolute atomic E-state index is 0.0708. The molecule has 21 nitrogen and oxygen atoms in total. The Morgan fingerprint density at radius 1 is 0.724 bits per heavy atom. The van der Waals surface area contributed by atoms with E-state index in [1.807, 2.05) is 0 Å². The largest absolute Gasteiger partial charge is 0.481 e. The number of hydrogen-bond donors (Lipinski definition) is 13. The van der Waals surface area contributed by atoms with E-state index in [-0.39, 0.29) is 37.7 Å². The lowest BCUT2D eigenvalue weighted by Gasteiger charge is -2.29. The molecule has 0 heterocycles. The van der Waals surface area contributed by atoms with Crippen molar-refractivity contribution in [1.82, 2.24) is 37.2 Å². The van der Waals surface area contributed by atoms with Crippen LogP contribution in [0, 0.1) is 17.2 Å². The summed E-state index contributed by atoms with van der Waals surface area (Å²) >= 11 is 0. The van der Waals surface area contributed by atoms with E-state index in [1.165, 1.54) is 13.8 Å². The van der Waals surface area contributed by atoms with Crippen LogP contribution in [0.5, 0.6) is 0 Å². The fourth-order valence-electron chi connectivity index (χ4n) is 5.32. The molecule has 328 valence electrons. The van der Waals surface area contributed by atoms with Crippen molar-refractivity contribution >= 4 is 53.3 Å². The third-order valence-electron chi connectivity index (χ3n) is 8.50. The third kappa shape index (κ3) is 20.6. The predicted octanol–water partition coefficient (Wildman–Crippen LogP) is -1.94. The van der Waals surface area contributed by atoms with Gasteiger partial charge in [0, 0.05) is 19.4 Å². The lowest BCUT2D eigenvalue weighted by Crippen LogP contribution is -2.62. The van der Waals surface area contributed by atoms with Crippen LogP contribution in [-0.4, -0.2) is 124 Å². The number of carbonyl (C=O) groups is 8. The Labute approximate surface area is 338 Å². The van der Waals surface area contributed by atoms with Crippen molar-refractivity contribution in [1.29, 1.82) is 5.41 Å². The van der Waals surface area contributed by atoms with Gasteiger partial charge in [-0.3, -0.25) is 43.8 Å². The van der Waals surface area contributed by atoms with Crippen LogP contribution < -0.4 is 48.7 Å². The summed E-state index contributed by atoms with van der Waals surface area (Å²) in [4.78, 5) is 103. The molecule has 0 aliphatic carbocycles. The number of nitrogens with two attached hydrogens (primary N) is 2. The maximum atomic E-state index is 13.7. The zero-order valence-electron chi connectivity index (χ0n) is 34.3. The van der Waals surface area contributed by atoms with Crippen LogP contribution in [0.15, 0.2) is 24.3 Å². The molecule has 58 heavy (non-hydrogen) atoms. The lowest BCUT2D eigenvalue weighted by atomic mass is 9.99. The van der Waals surface area contributed by atoms with Crippen molar-refractivity contribution in [2.45, 2.75) is 135 Å². The van der Waals surface area contributed by atoms with Crippen LogP contribution in [0.4, 0.5) is 0 Å². The van der Waals surface area contributed by atoms with Crippen molar-refractivity contribution in [3.63, 3.8) is 0 Å². The van der Waals surface area contributed by atoms with Gasteiger partial charge in [-0.05, 0) is 58.3 Å². The monoisotopic (exact) mass is 824 g/mol. The van der Waals surface area contributed by atoms with E-state index in [2.05, 4.69) is 43.8 Å². The van der Waals surface area contributed by atoms with Crippen molar-refractivity contribution in [3.8, 4) is 0 Å². The smallest absolute Gasteiger partial charge is 0.325 e. The van der Waals surface area contributed by atoms with Crippen molar-refractivity contribution in [3.05, 3.63) is 24.3 Å². The number of carboxylic acids is 2. The van der Waals surface area contributed by atoms with Gasteiger partial charge in [0.15, 0.2) is 5.96 Å². The molecule has 6 amide bonds. The van der Waals surface area contributed by atoms with Gasteiger partial charge in [-0.15, -0.1) is 0 Å². The molecule has 0 spiro atoms. The summed E-state index contributed by atoms with van der Waals surface area (Å²) in [5, 5.41) is 53.6. The van der Waals surface area contributed by atoms with Crippen LogP contribution >= 0.6 is 0 Å². The first-order valence-corrected chi connectivity index (χ1v) is 19.0. The Balaban J connectivity index is 6.24. The number of carbonyl (C=O) groups excluding carboxylic acids is 6. The first-order valence-electron chi connectivity index (χ1n) is 19.0. The van der Waals surface area contributed by atoms with Gasteiger partial charge in [-0.25, -0.2) is 0 Å². The van der Waals surface area contributed by atoms with Crippen molar-refractivity contribution in [2.24, 2.45) is 23.3 Å². The SMILES string of the molecule is C=C(/C=C\C)CC(NC(=O)[C@H](N)CCCNC(=N)N)C(=O)NC(C(=O)NC(C(=O)N[C@H](CCC(=O)O)C(=O)NC(CC(C)C)C(=O)N[C@H](C)C(=O)O)C(C)C)[C@@H](C)O. The topological polar surface area (TPSA) is 357 Å². The fraction of sp³-hybridized carbons (Fsp3) is 0.649. The molecule has 0 saturated carbocycles. The zero-order chi connectivity index (χ0) is 44.9. The van der Waals surface area contributed by atoms with Crippen LogP contribution in [0.1, 0.15) is 87.0 Å². The normalized spacial score (nSPS) is 15.4. The summed E-state index contributed by atoms with van der Waals surface area (Å²) < 4.78 is 0. The molecule has 15 N–H and O–H groups in total. The zero-order valence-corrected chi connectivity index (χ0v) is 34.3. The summed E-state index contributed by atoms with van der Waals surface area (Å²) in [7, 11) is 0. The Bertz CT molecular complexity index is 1500. The molecule has 0 aromatic rings. The number of allylic oxidation sites excluding steroid dienone is 2. The molecular formula is C37H64N10O11. The van der Waals surface area contributed by atoms with Gasteiger partial charge in [0.1, 0.15) is 36.3 Å². The van der Waals surface area contributed by atoms with Gasteiger partial charge >= 0.3 is 11.9 Å². The Morgan fingerprint density at radius 3 is 1.74 bits per heavy atom. The summed E-state index contributed by atoms with van der Waals surface area (Å²) in [5.74, 6) is -8.98. The Hall–Kier alpha value is -5.57. The summed E-state index contributed by atoms with van der Waals surface area (Å²) in [6.07, 6.45) is 1.24. The number of guanidine groups is 1. The molecule has 0 fully saturated rings. The van der Waals surface area contributed by atoms with E-state index < -0.39 is 115 Å². The van der Waals surface area contributed by atoms with Gasteiger partial charge in [-0.2, -0.15) is 0 Å². The van der Waals surface area contributed by atoms with Crippen LogP contribution in [0.2, 0.25) is 0 Å². The number of carboxylic acid groups (broad SMARTS) is 2. The third-order valence-corrected chi connectivity index (χ3v) is 8.50. The molecule has 0 bridgehead atoms. The highest BCUT2D eigenvalue weighted by atomic mass is 16.4. The van der Waals surface area contributed by atoms with Gasteiger partial charge in [-0.1, -0.05) is 52.0 Å². The molecule has 0 aliphatic rings. The van der Waals surface area contributed by atoms with Crippen molar-refractivity contribution in [2.75, 3.05) is 6.54 Å². The van der Waals surface area contributed by atoms with Crippen LogP contribution in [0.25, 0.3) is 0 Å². The minimum Gasteiger partial charge on any atom is -0.481 e. The number of aliphatic carboxylic acids is 2. The van der Waals surface area contributed by atoms with Crippen molar-refractivity contribution < 1.29 is 53.7 Å².